The Balaban J connectivity index is 1.88. The van der Waals surface area contributed by atoms with Gasteiger partial charge in [0.25, 0.3) is 11.8 Å². The lowest BCUT2D eigenvalue weighted by molar-refractivity contribution is 0.0963. The summed E-state index contributed by atoms with van der Waals surface area (Å²) in [6.07, 6.45) is 3.15. The normalized spacial score (nSPS) is 10.6. The van der Waals surface area contributed by atoms with E-state index in [1.54, 1.807) is 68.0 Å². The molecule has 28 heavy (non-hydrogen) atoms. The third-order valence-corrected chi connectivity index (χ3v) is 4.09. The van der Waals surface area contributed by atoms with Crippen LogP contribution < -0.4 is 11.1 Å². The standard InChI is InChI=1S/C20H15N5O3/c1-21-18(26)14-9-5-11-22-16(14)17-15(10-6-12-23-17)19-24-25(20(27)28-19)13-7-3-2-4-8-13/h2-12H,1H3,(H,21,26). The predicted molar refractivity (Wildman–Crippen MR) is 102 cm³/mol. The fraction of sp³-hybridized carbons (Fsp3) is 0.0500. The molecular formula is C20H15N5O3. The number of para-hydroxylation sites is 1. The van der Waals surface area contributed by atoms with Gasteiger partial charge >= 0.3 is 5.76 Å². The van der Waals surface area contributed by atoms with Gasteiger partial charge in [-0.25, -0.2) is 4.79 Å². The van der Waals surface area contributed by atoms with Crippen LogP contribution in [0.3, 0.4) is 0 Å². The molecule has 0 aliphatic carbocycles. The second-order valence-electron chi connectivity index (χ2n) is 5.80. The minimum Gasteiger partial charge on any atom is -0.387 e. The minimum absolute atomic E-state index is 0.0884. The van der Waals surface area contributed by atoms with E-state index in [2.05, 4.69) is 20.4 Å². The van der Waals surface area contributed by atoms with Gasteiger partial charge in [0.2, 0.25) is 0 Å². The molecule has 0 atom stereocenters. The van der Waals surface area contributed by atoms with Gasteiger partial charge in [-0.2, -0.15) is 4.68 Å². The highest BCUT2D eigenvalue weighted by atomic mass is 16.4. The summed E-state index contributed by atoms with van der Waals surface area (Å²) in [5, 5.41) is 6.89. The van der Waals surface area contributed by atoms with E-state index >= 15 is 0 Å². The lowest BCUT2D eigenvalue weighted by atomic mass is 10.1. The number of pyridine rings is 2. The fourth-order valence-electron chi connectivity index (χ4n) is 2.80. The first-order valence-electron chi connectivity index (χ1n) is 8.47. The van der Waals surface area contributed by atoms with Crippen LogP contribution >= 0.6 is 0 Å². The second kappa shape index (κ2) is 7.28. The molecular weight excluding hydrogens is 358 g/mol. The molecule has 1 N–H and O–H groups in total. The number of carbonyl (C=O) groups excluding carboxylic acids is 1. The van der Waals surface area contributed by atoms with Crippen LogP contribution in [0.2, 0.25) is 0 Å². The molecule has 4 rings (SSSR count). The van der Waals surface area contributed by atoms with Crippen molar-refractivity contribution in [1.82, 2.24) is 25.1 Å². The second-order valence-corrected chi connectivity index (χ2v) is 5.80. The smallest absolute Gasteiger partial charge is 0.387 e. The Kier molecular flexibility index (Phi) is 4.51. The Labute approximate surface area is 159 Å². The molecule has 0 saturated heterocycles. The van der Waals surface area contributed by atoms with Gasteiger partial charge < -0.3 is 9.73 Å². The van der Waals surface area contributed by atoms with E-state index in [-0.39, 0.29) is 11.8 Å². The molecule has 8 heteroatoms. The van der Waals surface area contributed by atoms with Gasteiger partial charge in [0.1, 0.15) is 11.4 Å². The zero-order chi connectivity index (χ0) is 19.5. The maximum atomic E-state index is 12.3. The minimum atomic E-state index is -0.622. The number of carbonyl (C=O) groups is 1. The lowest BCUT2D eigenvalue weighted by Crippen LogP contribution is -2.19. The van der Waals surface area contributed by atoms with Crippen molar-refractivity contribution in [3.05, 3.63) is 83.1 Å². The highest BCUT2D eigenvalue weighted by Crippen LogP contribution is 2.29. The molecule has 4 aromatic rings. The van der Waals surface area contributed by atoms with E-state index in [0.717, 1.165) is 0 Å². The molecule has 0 fully saturated rings. The number of nitrogens with zero attached hydrogens (tertiary/aromatic N) is 4. The van der Waals surface area contributed by atoms with Crippen LogP contribution in [0.1, 0.15) is 10.4 Å². The molecule has 0 aliphatic rings. The number of aromatic nitrogens is 4. The van der Waals surface area contributed by atoms with E-state index in [1.807, 2.05) is 6.07 Å². The van der Waals surface area contributed by atoms with Crippen molar-refractivity contribution in [2.24, 2.45) is 0 Å². The van der Waals surface area contributed by atoms with Crippen molar-refractivity contribution in [1.29, 1.82) is 0 Å². The van der Waals surface area contributed by atoms with Crippen LogP contribution in [0.25, 0.3) is 28.5 Å². The Morgan fingerprint density at radius 3 is 2.43 bits per heavy atom. The zero-order valence-corrected chi connectivity index (χ0v) is 14.9. The highest BCUT2D eigenvalue weighted by Gasteiger charge is 2.21. The van der Waals surface area contributed by atoms with Crippen molar-refractivity contribution in [3.8, 4) is 28.5 Å². The molecule has 0 bridgehead atoms. The van der Waals surface area contributed by atoms with Gasteiger partial charge in [-0.1, -0.05) is 18.2 Å². The van der Waals surface area contributed by atoms with E-state index in [1.165, 1.54) is 4.68 Å². The van der Waals surface area contributed by atoms with Gasteiger partial charge in [-0.15, -0.1) is 5.10 Å². The third-order valence-electron chi connectivity index (χ3n) is 4.09. The number of hydrogen-bond acceptors (Lipinski definition) is 6. The molecule has 3 heterocycles. The Morgan fingerprint density at radius 1 is 0.964 bits per heavy atom. The molecule has 8 nitrogen and oxygen atoms in total. The molecule has 0 aliphatic heterocycles. The van der Waals surface area contributed by atoms with Crippen molar-refractivity contribution in [2.75, 3.05) is 7.05 Å². The quantitative estimate of drug-likeness (QED) is 0.589. The van der Waals surface area contributed by atoms with Crippen LogP contribution in [0.5, 0.6) is 0 Å². The Bertz CT molecular complexity index is 1200. The average molecular weight is 373 g/mol. The van der Waals surface area contributed by atoms with Crippen molar-refractivity contribution in [2.45, 2.75) is 0 Å². The van der Waals surface area contributed by atoms with Gasteiger partial charge in [0, 0.05) is 19.4 Å². The van der Waals surface area contributed by atoms with Gasteiger partial charge in [0.15, 0.2) is 0 Å². The summed E-state index contributed by atoms with van der Waals surface area (Å²) in [5.74, 6) is -0.829. The van der Waals surface area contributed by atoms with Crippen LogP contribution in [0, 0.1) is 0 Å². The topological polar surface area (TPSA) is 103 Å². The maximum Gasteiger partial charge on any atom is 0.442 e. The summed E-state index contributed by atoms with van der Waals surface area (Å²) >= 11 is 0. The molecule has 3 aromatic heterocycles. The highest BCUT2D eigenvalue weighted by molar-refractivity contribution is 6.00. The predicted octanol–water partition coefficient (Wildman–Crippen LogP) is 2.31. The summed E-state index contributed by atoms with van der Waals surface area (Å²) in [5.41, 5.74) is 2.15. The number of nitrogens with one attached hydrogen (secondary N) is 1. The first kappa shape index (κ1) is 17.3. The lowest BCUT2D eigenvalue weighted by Gasteiger charge is -2.09. The SMILES string of the molecule is CNC(=O)c1cccnc1-c1ncccc1-c1nn(-c2ccccc2)c(=O)o1. The summed E-state index contributed by atoms with van der Waals surface area (Å²) in [7, 11) is 1.54. The van der Waals surface area contributed by atoms with Crippen LogP contribution in [0.4, 0.5) is 0 Å². The molecule has 0 spiro atoms. The van der Waals surface area contributed by atoms with Crippen molar-refractivity contribution >= 4 is 5.91 Å². The summed E-state index contributed by atoms with van der Waals surface area (Å²) in [6.45, 7) is 0. The summed E-state index contributed by atoms with van der Waals surface area (Å²) in [4.78, 5) is 33.2. The number of hydrogen-bond donors (Lipinski definition) is 1. The van der Waals surface area contributed by atoms with Crippen LogP contribution in [-0.2, 0) is 0 Å². The van der Waals surface area contributed by atoms with E-state index in [0.29, 0.717) is 28.2 Å². The van der Waals surface area contributed by atoms with E-state index in [9.17, 15) is 9.59 Å². The van der Waals surface area contributed by atoms with Crippen molar-refractivity contribution in [3.63, 3.8) is 0 Å². The molecule has 1 aromatic carbocycles. The average Bonchev–Trinajstić information content (AvgIpc) is 3.15. The maximum absolute atomic E-state index is 12.3. The first-order valence-corrected chi connectivity index (χ1v) is 8.47. The van der Waals surface area contributed by atoms with Crippen LogP contribution in [0.15, 0.2) is 76.2 Å². The monoisotopic (exact) mass is 373 g/mol. The number of rotatable bonds is 4. The summed E-state index contributed by atoms with van der Waals surface area (Å²) in [6, 6.07) is 15.7. The number of amides is 1. The van der Waals surface area contributed by atoms with Gasteiger partial charge in [-0.05, 0) is 36.4 Å². The largest absolute Gasteiger partial charge is 0.442 e. The molecule has 1 amide bonds. The van der Waals surface area contributed by atoms with E-state index < -0.39 is 5.76 Å². The van der Waals surface area contributed by atoms with Crippen molar-refractivity contribution < 1.29 is 9.21 Å². The number of benzene rings is 1. The van der Waals surface area contributed by atoms with Gasteiger partial charge in [-0.3, -0.25) is 14.8 Å². The Hall–Kier alpha value is -4.07. The summed E-state index contributed by atoms with van der Waals surface area (Å²) < 4.78 is 6.54. The fourth-order valence-corrected chi connectivity index (χ4v) is 2.80. The zero-order valence-electron chi connectivity index (χ0n) is 14.9. The third kappa shape index (κ3) is 3.07. The Morgan fingerprint density at radius 2 is 1.68 bits per heavy atom. The molecule has 138 valence electrons. The first-order chi connectivity index (χ1) is 13.7. The molecule has 0 unspecified atom stereocenters. The van der Waals surface area contributed by atoms with E-state index in [4.69, 9.17) is 4.42 Å². The van der Waals surface area contributed by atoms with Crippen LogP contribution in [-0.4, -0.2) is 32.7 Å². The molecule has 0 saturated carbocycles. The van der Waals surface area contributed by atoms with Gasteiger partial charge in [0.05, 0.1) is 16.8 Å². The molecule has 0 radical (unpaired) electrons.